The third-order valence-electron chi connectivity index (χ3n) is 5.80. The van der Waals surface area contributed by atoms with Gasteiger partial charge in [0, 0.05) is 11.4 Å². The molecule has 2 aromatic carbocycles. The van der Waals surface area contributed by atoms with Crippen LogP contribution in [0.2, 0.25) is 5.02 Å². The Morgan fingerprint density at radius 2 is 1.77 bits per heavy atom. The molecule has 6 atom stereocenters. The lowest BCUT2D eigenvalue weighted by atomic mass is 9.90. The molecular formula is C23H27ClO7. The van der Waals surface area contributed by atoms with Crippen LogP contribution >= 0.6 is 11.6 Å². The van der Waals surface area contributed by atoms with Gasteiger partial charge < -0.3 is 34.6 Å². The molecule has 0 spiro atoms. The Balaban J connectivity index is 1.49. The molecule has 31 heavy (non-hydrogen) atoms. The number of ether oxygens (including phenoxy) is 3. The van der Waals surface area contributed by atoms with Crippen molar-refractivity contribution in [2.45, 2.75) is 49.5 Å². The molecule has 2 heterocycles. The van der Waals surface area contributed by atoms with Gasteiger partial charge in [0.15, 0.2) is 0 Å². The highest BCUT2D eigenvalue weighted by molar-refractivity contribution is 6.31. The topological polar surface area (TPSA) is 109 Å². The Morgan fingerprint density at radius 1 is 1.00 bits per heavy atom. The summed E-state index contributed by atoms with van der Waals surface area (Å²) >= 11 is 6.40. The second-order valence-corrected chi connectivity index (χ2v) is 8.43. The Hall–Kier alpha value is -1.71. The summed E-state index contributed by atoms with van der Waals surface area (Å²) < 4.78 is 16.9. The maximum absolute atomic E-state index is 10.4. The highest BCUT2D eigenvalue weighted by atomic mass is 35.5. The molecule has 0 amide bonds. The minimum Gasteiger partial charge on any atom is -0.488 e. The third kappa shape index (κ3) is 5.04. The zero-order chi connectivity index (χ0) is 22.0. The largest absolute Gasteiger partial charge is 0.488 e. The SMILES string of the molecule is OC[C@@H]1O[C@H](c2ccc(Cl)c(Cc3ccc(O[C@@H]4CCOC4)cc3)c2)[C@H](O)[C@H](O)[C@H]1O. The van der Waals surface area contributed by atoms with Crippen LogP contribution in [0.15, 0.2) is 42.5 Å². The van der Waals surface area contributed by atoms with E-state index in [1.54, 1.807) is 12.1 Å². The number of halogens is 1. The first-order valence-corrected chi connectivity index (χ1v) is 10.8. The van der Waals surface area contributed by atoms with E-state index < -0.39 is 37.1 Å². The quantitative estimate of drug-likeness (QED) is 0.529. The van der Waals surface area contributed by atoms with Crippen LogP contribution in [0.3, 0.4) is 0 Å². The maximum Gasteiger partial charge on any atom is 0.124 e. The van der Waals surface area contributed by atoms with Crippen LogP contribution in [0.5, 0.6) is 5.75 Å². The van der Waals surface area contributed by atoms with Crippen LogP contribution in [0, 0.1) is 0 Å². The van der Waals surface area contributed by atoms with E-state index in [1.807, 2.05) is 30.3 Å². The Morgan fingerprint density at radius 3 is 2.45 bits per heavy atom. The van der Waals surface area contributed by atoms with Crippen LogP contribution < -0.4 is 4.74 Å². The first-order chi connectivity index (χ1) is 15.0. The standard InChI is InChI=1S/C23H27ClO7/c24-18-6-3-14(23-22(28)21(27)20(26)19(11-25)31-23)10-15(18)9-13-1-4-16(5-2-13)30-17-7-8-29-12-17/h1-6,10,17,19-23,25-28H,7-9,11-12H2/t17-,19+,20+,21-,22-,23-/m1/s1. The van der Waals surface area contributed by atoms with Gasteiger partial charge in [0.25, 0.3) is 0 Å². The fourth-order valence-corrected chi connectivity index (χ4v) is 4.17. The van der Waals surface area contributed by atoms with E-state index in [4.69, 9.17) is 25.8 Å². The monoisotopic (exact) mass is 450 g/mol. The van der Waals surface area contributed by atoms with E-state index in [-0.39, 0.29) is 6.10 Å². The van der Waals surface area contributed by atoms with Crippen molar-refractivity contribution in [1.82, 2.24) is 0 Å². The summed E-state index contributed by atoms with van der Waals surface area (Å²) in [6.07, 6.45) is -4.46. The van der Waals surface area contributed by atoms with Crippen molar-refractivity contribution >= 4 is 11.6 Å². The summed E-state index contributed by atoms with van der Waals surface area (Å²) in [6.45, 7) is 0.872. The van der Waals surface area contributed by atoms with Crippen LogP contribution in [0.1, 0.15) is 29.2 Å². The van der Waals surface area contributed by atoms with Gasteiger partial charge in [-0.2, -0.15) is 0 Å². The number of aliphatic hydroxyl groups is 4. The van der Waals surface area contributed by atoms with E-state index >= 15 is 0 Å². The first-order valence-electron chi connectivity index (χ1n) is 10.4. The van der Waals surface area contributed by atoms with Crippen molar-refractivity contribution in [3.63, 3.8) is 0 Å². The lowest BCUT2D eigenvalue weighted by Crippen LogP contribution is -2.55. The lowest BCUT2D eigenvalue weighted by Gasteiger charge is -2.40. The van der Waals surface area contributed by atoms with Crippen molar-refractivity contribution in [2.75, 3.05) is 19.8 Å². The van der Waals surface area contributed by atoms with Crippen molar-refractivity contribution in [1.29, 1.82) is 0 Å². The molecule has 8 heteroatoms. The normalized spacial score (nSPS) is 31.0. The average Bonchev–Trinajstić information content (AvgIpc) is 3.28. The molecule has 2 aliphatic rings. The summed E-state index contributed by atoms with van der Waals surface area (Å²) in [5.41, 5.74) is 2.47. The molecule has 2 saturated heterocycles. The van der Waals surface area contributed by atoms with Crippen LogP contribution in [-0.4, -0.2) is 70.8 Å². The Kier molecular flexibility index (Phi) is 7.13. The summed E-state index contributed by atoms with van der Waals surface area (Å²) in [6, 6.07) is 13.0. The van der Waals surface area contributed by atoms with Gasteiger partial charge in [-0.3, -0.25) is 0 Å². The minimum atomic E-state index is -1.42. The second-order valence-electron chi connectivity index (χ2n) is 8.02. The second kappa shape index (κ2) is 9.83. The van der Waals surface area contributed by atoms with Crippen LogP contribution in [0.25, 0.3) is 0 Å². The van der Waals surface area contributed by atoms with Crippen LogP contribution in [-0.2, 0) is 15.9 Å². The molecule has 2 aliphatic heterocycles. The van der Waals surface area contributed by atoms with Crippen molar-refractivity contribution in [3.8, 4) is 5.75 Å². The Bertz CT molecular complexity index is 867. The Labute approximate surface area is 185 Å². The maximum atomic E-state index is 10.4. The molecule has 0 unspecified atom stereocenters. The minimum absolute atomic E-state index is 0.0931. The first kappa shape index (κ1) is 22.5. The highest BCUT2D eigenvalue weighted by Gasteiger charge is 2.44. The van der Waals surface area contributed by atoms with Crippen LogP contribution in [0.4, 0.5) is 0 Å². The van der Waals surface area contributed by atoms with Crippen molar-refractivity contribution < 1.29 is 34.6 Å². The van der Waals surface area contributed by atoms with Crippen molar-refractivity contribution in [3.05, 3.63) is 64.2 Å². The van der Waals surface area contributed by atoms with Gasteiger partial charge in [-0.15, -0.1) is 0 Å². The van der Waals surface area contributed by atoms with Gasteiger partial charge in [-0.05, 0) is 41.3 Å². The molecule has 4 N–H and O–H groups in total. The predicted molar refractivity (Wildman–Crippen MR) is 113 cm³/mol. The third-order valence-corrected chi connectivity index (χ3v) is 6.17. The molecule has 0 saturated carbocycles. The number of rotatable bonds is 6. The van der Waals surface area contributed by atoms with E-state index in [2.05, 4.69) is 0 Å². The number of benzene rings is 2. The lowest BCUT2D eigenvalue weighted by molar-refractivity contribution is -0.231. The van der Waals surface area contributed by atoms with Gasteiger partial charge in [0.05, 0.1) is 19.8 Å². The molecule has 0 aromatic heterocycles. The van der Waals surface area contributed by atoms with Gasteiger partial charge in [-0.1, -0.05) is 35.9 Å². The molecule has 0 radical (unpaired) electrons. The fraction of sp³-hybridized carbons (Fsp3) is 0.478. The highest BCUT2D eigenvalue weighted by Crippen LogP contribution is 2.34. The van der Waals surface area contributed by atoms with Gasteiger partial charge in [0.1, 0.15) is 42.4 Å². The molecule has 0 aliphatic carbocycles. The molecule has 7 nitrogen and oxygen atoms in total. The van der Waals surface area contributed by atoms with E-state index in [1.165, 1.54) is 0 Å². The van der Waals surface area contributed by atoms with E-state index in [0.717, 1.165) is 29.9 Å². The number of hydrogen-bond donors (Lipinski definition) is 4. The molecule has 0 bridgehead atoms. The number of hydrogen-bond acceptors (Lipinski definition) is 7. The smallest absolute Gasteiger partial charge is 0.124 e. The molecular weight excluding hydrogens is 424 g/mol. The summed E-state index contributed by atoms with van der Waals surface area (Å²) in [5, 5.41) is 40.5. The molecule has 4 rings (SSSR count). The number of aliphatic hydroxyl groups excluding tert-OH is 4. The fourth-order valence-electron chi connectivity index (χ4n) is 3.99. The summed E-state index contributed by atoms with van der Waals surface area (Å²) in [7, 11) is 0. The zero-order valence-electron chi connectivity index (χ0n) is 16.9. The van der Waals surface area contributed by atoms with E-state index in [0.29, 0.717) is 23.6 Å². The molecule has 2 aromatic rings. The average molecular weight is 451 g/mol. The molecule has 168 valence electrons. The van der Waals surface area contributed by atoms with E-state index in [9.17, 15) is 20.4 Å². The van der Waals surface area contributed by atoms with Gasteiger partial charge in [0.2, 0.25) is 0 Å². The molecule has 2 fully saturated rings. The predicted octanol–water partition coefficient (Wildman–Crippen LogP) is 1.61. The van der Waals surface area contributed by atoms with Gasteiger partial charge in [-0.25, -0.2) is 0 Å². The van der Waals surface area contributed by atoms with Gasteiger partial charge >= 0.3 is 0 Å². The zero-order valence-corrected chi connectivity index (χ0v) is 17.7. The summed E-state index contributed by atoms with van der Waals surface area (Å²) in [5.74, 6) is 0.792. The van der Waals surface area contributed by atoms with Crippen molar-refractivity contribution in [2.24, 2.45) is 0 Å². The summed E-state index contributed by atoms with van der Waals surface area (Å²) in [4.78, 5) is 0.